The summed E-state index contributed by atoms with van der Waals surface area (Å²) in [7, 11) is 0. The molecule has 0 aliphatic heterocycles. The average molecular weight is 400 g/mol. The highest BCUT2D eigenvalue weighted by atomic mass is 16.3. The fourth-order valence-electron chi connectivity index (χ4n) is 2.50. The molecule has 0 radical (unpaired) electrons. The third kappa shape index (κ3) is 6.19. The molecule has 0 fully saturated rings. The predicted molar refractivity (Wildman–Crippen MR) is 115 cm³/mol. The van der Waals surface area contributed by atoms with Crippen LogP contribution < -0.4 is 16.0 Å². The molecule has 4 N–H and O–H groups in total. The minimum atomic E-state index is -0.426. The van der Waals surface area contributed by atoms with Crippen molar-refractivity contribution in [1.29, 1.82) is 0 Å². The summed E-state index contributed by atoms with van der Waals surface area (Å²) in [6.45, 7) is 0.0279. The van der Waals surface area contributed by atoms with Gasteiger partial charge in [0, 0.05) is 35.2 Å². The van der Waals surface area contributed by atoms with Gasteiger partial charge < -0.3 is 21.1 Å². The first-order valence-corrected chi connectivity index (χ1v) is 9.24. The largest absolute Gasteiger partial charge is 0.395 e. The number of hydrogen-bond donors (Lipinski definition) is 4. The van der Waals surface area contributed by atoms with Crippen molar-refractivity contribution in [3.63, 3.8) is 0 Å². The number of carbonyl (C=O) groups is 2. The van der Waals surface area contributed by atoms with Crippen LogP contribution in [-0.2, 0) is 0 Å². The molecule has 0 aliphatic rings. The van der Waals surface area contributed by atoms with Crippen LogP contribution in [0.1, 0.15) is 21.6 Å². The summed E-state index contributed by atoms with van der Waals surface area (Å²) in [5.74, 6) is 5.73. The Morgan fingerprint density at radius 1 is 0.900 bits per heavy atom. The normalized spacial score (nSPS) is 9.77. The molecule has 2 aromatic carbocycles. The molecule has 7 nitrogen and oxygen atoms in total. The standard InChI is InChI=1S/C23H20N4O3/c28-15-14-25-23(30)27-20-11-8-18(9-12-20)22(29)26-21-6-3-4-17(16-21)7-10-19-5-1-2-13-24-19/h1-6,8-9,11-13,16,28H,14-15H2,(H,26,29)(H2,25,27,30). The molecular weight excluding hydrogens is 380 g/mol. The Morgan fingerprint density at radius 3 is 2.47 bits per heavy atom. The SMILES string of the molecule is O=C(NCCO)Nc1ccc(C(=O)Nc2cccc(C#Cc3ccccn3)c2)cc1. The topological polar surface area (TPSA) is 103 Å². The molecule has 0 unspecified atom stereocenters. The van der Waals surface area contributed by atoms with Gasteiger partial charge in [-0.15, -0.1) is 0 Å². The minimum Gasteiger partial charge on any atom is -0.395 e. The van der Waals surface area contributed by atoms with Crippen LogP contribution in [0.5, 0.6) is 0 Å². The van der Waals surface area contributed by atoms with Crippen molar-refractivity contribution in [1.82, 2.24) is 10.3 Å². The smallest absolute Gasteiger partial charge is 0.319 e. The summed E-state index contributed by atoms with van der Waals surface area (Å²) in [4.78, 5) is 28.2. The number of benzene rings is 2. The predicted octanol–water partition coefficient (Wildman–Crippen LogP) is 2.85. The molecule has 1 aromatic heterocycles. The number of amides is 3. The van der Waals surface area contributed by atoms with E-state index >= 15 is 0 Å². The van der Waals surface area contributed by atoms with Gasteiger partial charge >= 0.3 is 6.03 Å². The van der Waals surface area contributed by atoms with Crippen LogP contribution in [0, 0.1) is 11.8 Å². The third-order valence-corrected chi connectivity index (χ3v) is 3.92. The van der Waals surface area contributed by atoms with Gasteiger partial charge in [-0.2, -0.15) is 0 Å². The molecule has 0 bridgehead atoms. The van der Waals surface area contributed by atoms with E-state index in [1.807, 2.05) is 30.3 Å². The first kappa shape index (κ1) is 20.6. The number of aliphatic hydroxyl groups excluding tert-OH is 1. The van der Waals surface area contributed by atoms with Gasteiger partial charge in [0.05, 0.1) is 6.61 Å². The first-order valence-electron chi connectivity index (χ1n) is 9.24. The highest BCUT2D eigenvalue weighted by Crippen LogP contribution is 2.14. The fraction of sp³-hybridized carbons (Fsp3) is 0.0870. The molecule has 150 valence electrons. The van der Waals surface area contributed by atoms with Crippen LogP contribution >= 0.6 is 0 Å². The van der Waals surface area contributed by atoms with E-state index in [0.29, 0.717) is 22.6 Å². The van der Waals surface area contributed by atoms with Crippen molar-refractivity contribution in [3.8, 4) is 11.8 Å². The lowest BCUT2D eigenvalue weighted by atomic mass is 10.1. The Balaban J connectivity index is 1.62. The number of aliphatic hydroxyl groups is 1. The molecule has 3 amide bonds. The summed E-state index contributed by atoms with van der Waals surface area (Å²) < 4.78 is 0. The number of pyridine rings is 1. The van der Waals surface area contributed by atoms with Crippen LogP contribution in [0.4, 0.5) is 16.2 Å². The summed E-state index contributed by atoms with van der Waals surface area (Å²) in [5.41, 5.74) is 3.03. The lowest BCUT2D eigenvalue weighted by Crippen LogP contribution is -2.30. The number of rotatable bonds is 5. The van der Waals surface area contributed by atoms with E-state index in [-0.39, 0.29) is 19.1 Å². The Hall–Kier alpha value is -4.15. The Morgan fingerprint density at radius 2 is 1.73 bits per heavy atom. The third-order valence-electron chi connectivity index (χ3n) is 3.92. The van der Waals surface area contributed by atoms with Gasteiger partial charge in [-0.25, -0.2) is 9.78 Å². The molecule has 0 saturated heterocycles. The zero-order valence-electron chi connectivity index (χ0n) is 16.1. The van der Waals surface area contributed by atoms with Crippen molar-refractivity contribution in [2.45, 2.75) is 0 Å². The molecular formula is C23H20N4O3. The maximum atomic E-state index is 12.5. The number of nitrogens with zero attached hydrogens (tertiary/aromatic N) is 1. The number of nitrogens with one attached hydrogen (secondary N) is 3. The maximum absolute atomic E-state index is 12.5. The van der Waals surface area contributed by atoms with Crippen molar-refractivity contribution in [2.24, 2.45) is 0 Å². The van der Waals surface area contributed by atoms with Crippen LogP contribution in [0.15, 0.2) is 72.9 Å². The lowest BCUT2D eigenvalue weighted by Gasteiger charge is -2.08. The lowest BCUT2D eigenvalue weighted by molar-refractivity contribution is 0.102. The maximum Gasteiger partial charge on any atom is 0.319 e. The van der Waals surface area contributed by atoms with E-state index in [9.17, 15) is 9.59 Å². The van der Waals surface area contributed by atoms with Gasteiger partial charge in [0.2, 0.25) is 0 Å². The van der Waals surface area contributed by atoms with Crippen molar-refractivity contribution in [2.75, 3.05) is 23.8 Å². The second kappa shape index (κ2) is 10.4. The van der Waals surface area contributed by atoms with Gasteiger partial charge in [0.1, 0.15) is 5.69 Å². The van der Waals surface area contributed by atoms with Gasteiger partial charge in [-0.05, 0) is 60.5 Å². The quantitative estimate of drug-likeness (QED) is 0.495. The molecule has 1 heterocycles. The second-order valence-electron chi connectivity index (χ2n) is 6.18. The van der Waals surface area contributed by atoms with E-state index < -0.39 is 6.03 Å². The van der Waals surface area contributed by atoms with Gasteiger partial charge in [0.25, 0.3) is 5.91 Å². The summed E-state index contributed by atoms with van der Waals surface area (Å²) in [6.07, 6.45) is 1.68. The zero-order valence-corrected chi connectivity index (χ0v) is 16.1. The average Bonchev–Trinajstić information content (AvgIpc) is 2.78. The molecule has 30 heavy (non-hydrogen) atoms. The number of carbonyl (C=O) groups excluding carboxylic acids is 2. The number of urea groups is 1. The Labute approximate surface area is 174 Å². The molecule has 7 heteroatoms. The highest BCUT2D eigenvalue weighted by Gasteiger charge is 2.07. The minimum absolute atomic E-state index is 0.136. The van der Waals surface area contributed by atoms with Crippen LogP contribution in [0.25, 0.3) is 0 Å². The van der Waals surface area contributed by atoms with Crippen LogP contribution in [0.2, 0.25) is 0 Å². The summed E-state index contributed by atoms with van der Waals surface area (Å²) >= 11 is 0. The van der Waals surface area contributed by atoms with Crippen LogP contribution in [-0.4, -0.2) is 35.2 Å². The number of anilines is 2. The van der Waals surface area contributed by atoms with Crippen molar-refractivity contribution in [3.05, 3.63) is 89.7 Å². The first-order chi connectivity index (χ1) is 14.6. The fourth-order valence-corrected chi connectivity index (χ4v) is 2.50. The van der Waals surface area contributed by atoms with E-state index in [2.05, 4.69) is 32.8 Å². The zero-order chi connectivity index (χ0) is 21.2. The summed E-state index contributed by atoms with van der Waals surface area (Å²) in [5, 5.41) is 16.6. The molecule has 0 saturated carbocycles. The number of aromatic nitrogens is 1. The monoisotopic (exact) mass is 400 g/mol. The molecule has 3 aromatic rings. The molecule has 0 spiro atoms. The van der Waals surface area contributed by atoms with Crippen molar-refractivity contribution >= 4 is 23.3 Å². The second-order valence-corrected chi connectivity index (χ2v) is 6.18. The van der Waals surface area contributed by atoms with E-state index in [4.69, 9.17) is 5.11 Å². The van der Waals surface area contributed by atoms with Gasteiger partial charge in [-0.3, -0.25) is 4.79 Å². The highest BCUT2D eigenvalue weighted by molar-refractivity contribution is 6.04. The van der Waals surface area contributed by atoms with Gasteiger partial charge in [-0.1, -0.05) is 18.1 Å². The van der Waals surface area contributed by atoms with E-state index in [1.54, 1.807) is 42.6 Å². The molecule has 3 rings (SSSR count). The Kier molecular flexibility index (Phi) is 7.14. The Bertz CT molecular complexity index is 1070. The van der Waals surface area contributed by atoms with E-state index in [1.165, 1.54) is 0 Å². The number of hydrogen-bond acceptors (Lipinski definition) is 4. The molecule has 0 aliphatic carbocycles. The summed E-state index contributed by atoms with van der Waals surface area (Å²) in [6, 6.07) is 18.8. The van der Waals surface area contributed by atoms with Crippen molar-refractivity contribution < 1.29 is 14.7 Å². The molecule has 0 atom stereocenters. The van der Waals surface area contributed by atoms with E-state index in [0.717, 1.165) is 5.56 Å². The van der Waals surface area contributed by atoms with Crippen LogP contribution in [0.3, 0.4) is 0 Å². The van der Waals surface area contributed by atoms with Gasteiger partial charge in [0.15, 0.2) is 0 Å².